The molecule has 2 atom stereocenters. The summed E-state index contributed by atoms with van der Waals surface area (Å²) in [7, 11) is 0. The first-order valence-corrected chi connectivity index (χ1v) is 5.07. The van der Waals surface area contributed by atoms with E-state index in [0.29, 0.717) is 6.61 Å². The van der Waals surface area contributed by atoms with Crippen LogP contribution >= 0.6 is 0 Å². The van der Waals surface area contributed by atoms with E-state index in [2.05, 4.69) is 4.99 Å². The SMILES string of the molecule is C[C@H](C1=N[C@H](c2ccccc2)CO1)[N+](=O)[O-]. The van der Waals surface area contributed by atoms with E-state index < -0.39 is 11.0 Å². The molecule has 0 N–H and O–H groups in total. The van der Waals surface area contributed by atoms with Gasteiger partial charge in [-0.3, -0.25) is 10.1 Å². The molecule has 2 rings (SSSR count). The fraction of sp³-hybridized carbons (Fsp3) is 0.364. The minimum absolute atomic E-state index is 0.112. The largest absolute Gasteiger partial charge is 0.473 e. The number of nitrogens with zero attached hydrogens (tertiary/aromatic N) is 2. The van der Waals surface area contributed by atoms with Crippen molar-refractivity contribution >= 4 is 5.90 Å². The van der Waals surface area contributed by atoms with E-state index in [4.69, 9.17) is 4.74 Å². The zero-order chi connectivity index (χ0) is 11.5. The van der Waals surface area contributed by atoms with Crippen LogP contribution in [0.1, 0.15) is 18.5 Å². The Balaban J connectivity index is 2.15. The van der Waals surface area contributed by atoms with Gasteiger partial charge >= 0.3 is 0 Å². The molecule has 0 spiro atoms. The fourth-order valence-corrected chi connectivity index (χ4v) is 1.56. The van der Waals surface area contributed by atoms with E-state index in [0.717, 1.165) is 5.56 Å². The molecule has 0 saturated heterocycles. The van der Waals surface area contributed by atoms with Gasteiger partial charge in [-0.1, -0.05) is 30.3 Å². The molecule has 1 aliphatic rings. The van der Waals surface area contributed by atoms with Crippen LogP contribution < -0.4 is 0 Å². The molecule has 0 aromatic heterocycles. The molecule has 0 fully saturated rings. The van der Waals surface area contributed by atoms with Gasteiger partial charge in [0.15, 0.2) is 0 Å². The predicted molar refractivity (Wildman–Crippen MR) is 59.0 cm³/mol. The number of ether oxygens (including phenoxy) is 1. The summed E-state index contributed by atoms with van der Waals surface area (Å²) in [6, 6.07) is 8.66. The molecule has 0 saturated carbocycles. The van der Waals surface area contributed by atoms with Crippen molar-refractivity contribution < 1.29 is 9.66 Å². The third-order valence-electron chi connectivity index (χ3n) is 2.53. The smallest absolute Gasteiger partial charge is 0.284 e. The molecule has 16 heavy (non-hydrogen) atoms. The van der Waals surface area contributed by atoms with Crippen molar-refractivity contribution in [3.05, 3.63) is 46.0 Å². The quantitative estimate of drug-likeness (QED) is 0.576. The predicted octanol–water partition coefficient (Wildman–Crippen LogP) is 1.82. The first-order chi connectivity index (χ1) is 7.68. The van der Waals surface area contributed by atoms with Gasteiger partial charge in [0.2, 0.25) is 0 Å². The lowest BCUT2D eigenvalue weighted by molar-refractivity contribution is -0.500. The van der Waals surface area contributed by atoms with E-state index in [1.54, 1.807) is 0 Å². The summed E-state index contributed by atoms with van der Waals surface area (Å²) >= 11 is 0. The van der Waals surface area contributed by atoms with Gasteiger partial charge in [-0.2, -0.15) is 0 Å². The maximum absolute atomic E-state index is 10.6. The number of rotatable bonds is 3. The highest BCUT2D eigenvalue weighted by Crippen LogP contribution is 2.23. The molecular formula is C11H12N2O3. The van der Waals surface area contributed by atoms with Crippen molar-refractivity contribution in [1.29, 1.82) is 0 Å². The summed E-state index contributed by atoms with van der Waals surface area (Å²) in [5, 5.41) is 10.6. The Kier molecular flexibility index (Phi) is 2.85. The highest BCUT2D eigenvalue weighted by atomic mass is 16.6. The van der Waals surface area contributed by atoms with Gasteiger partial charge < -0.3 is 4.74 Å². The molecule has 5 heteroatoms. The zero-order valence-electron chi connectivity index (χ0n) is 8.87. The molecule has 1 aromatic carbocycles. The Morgan fingerprint density at radius 3 is 2.81 bits per heavy atom. The molecule has 1 aromatic rings. The number of hydrogen-bond acceptors (Lipinski definition) is 4. The minimum Gasteiger partial charge on any atom is -0.473 e. The van der Waals surface area contributed by atoms with Crippen LogP contribution in [0.4, 0.5) is 0 Å². The van der Waals surface area contributed by atoms with Gasteiger partial charge in [-0.25, -0.2) is 4.99 Å². The lowest BCUT2D eigenvalue weighted by Gasteiger charge is -2.03. The highest BCUT2D eigenvalue weighted by Gasteiger charge is 2.30. The normalized spacial score (nSPS) is 21.1. The lowest BCUT2D eigenvalue weighted by atomic mass is 10.1. The van der Waals surface area contributed by atoms with Crippen LogP contribution in [-0.4, -0.2) is 23.5 Å². The topological polar surface area (TPSA) is 64.7 Å². The van der Waals surface area contributed by atoms with Gasteiger partial charge in [-0.15, -0.1) is 0 Å². The second-order valence-corrected chi connectivity index (χ2v) is 3.67. The van der Waals surface area contributed by atoms with Crippen LogP contribution in [0.3, 0.4) is 0 Å². The summed E-state index contributed by atoms with van der Waals surface area (Å²) in [6.45, 7) is 1.86. The summed E-state index contributed by atoms with van der Waals surface area (Å²) in [5.74, 6) is 0.221. The van der Waals surface area contributed by atoms with Gasteiger partial charge in [0.05, 0.1) is 0 Å². The Bertz CT molecular complexity index is 416. The maximum Gasteiger partial charge on any atom is 0.284 e. The van der Waals surface area contributed by atoms with Crippen molar-refractivity contribution in [3.63, 3.8) is 0 Å². The molecule has 84 valence electrons. The third kappa shape index (κ3) is 2.03. The standard InChI is InChI=1S/C11H12N2O3/c1-8(13(14)15)11-12-10(7-16-11)9-5-3-2-4-6-9/h2-6,8,10H,7H2,1H3/t8-,10+/m1/s1. The number of benzene rings is 1. The Morgan fingerprint density at radius 1 is 1.50 bits per heavy atom. The molecule has 0 radical (unpaired) electrons. The average molecular weight is 220 g/mol. The van der Waals surface area contributed by atoms with E-state index in [1.165, 1.54) is 6.92 Å². The van der Waals surface area contributed by atoms with Crippen molar-refractivity contribution in [2.24, 2.45) is 4.99 Å². The molecule has 1 aliphatic heterocycles. The average Bonchev–Trinajstić information content (AvgIpc) is 2.78. The third-order valence-corrected chi connectivity index (χ3v) is 2.53. The van der Waals surface area contributed by atoms with E-state index >= 15 is 0 Å². The van der Waals surface area contributed by atoms with Gasteiger partial charge in [-0.05, 0) is 5.56 Å². The van der Waals surface area contributed by atoms with Gasteiger partial charge in [0.25, 0.3) is 11.9 Å². The van der Waals surface area contributed by atoms with Crippen LogP contribution in [0, 0.1) is 10.1 Å². The number of hydrogen-bond donors (Lipinski definition) is 0. The number of nitro groups is 1. The monoisotopic (exact) mass is 220 g/mol. The maximum atomic E-state index is 10.6. The van der Waals surface area contributed by atoms with Gasteiger partial charge in [0.1, 0.15) is 12.6 Å². The molecule has 0 bridgehead atoms. The minimum atomic E-state index is -0.867. The van der Waals surface area contributed by atoms with Crippen LogP contribution in [0.25, 0.3) is 0 Å². The zero-order valence-corrected chi connectivity index (χ0v) is 8.87. The highest BCUT2D eigenvalue weighted by molar-refractivity contribution is 5.81. The van der Waals surface area contributed by atoms with Crippen molar-refractivity contribution in [3.8, 4) is 0 Å². The second-order valence-electron chi connectivity index (χ2n) is 3.67. The molecular weight excluding hydrogens is 208 g/mol. The summed E-state index contributed by atoms with van der Waals surface area (Å²) in [6.07, 6.45) is 0. The molecule has 0 unspecified atom stereocenters. The fourth-order valence-electron chi connectivity index (χ4n) is 1.56. The second kappa shape index (κ2) is 4.30. The van der Waals surface area contributed by atoms with Crippen molar-refractivity contribution in [2.45, 2.75) is 19.0 Å². The summed E-state index contributed by atoms with van der Waals surface area (Å²) in [4.78, 5) is 14.4. The van der Waals surface area contributed by atoms with Crippen molar-refractivity contribution in [1.82, 2.24) is 0 Å². The summed E-state index contributed by atoms with van der Waals surface area (Å²) < 4.78 is 5.25. The first-order valence-electron chi connectivity index (χ1n) is 5.07. The van der Waals surface area contributed by atoms with Crippen LogP contribution in [-0.2, 0) is 4.74 Å². The summed E-state index contributed by atoms with van der Waals surface area (Å²) in [5.41, 5.74) is 1.02. The van der Waals surface area contributed by atoms with Crippen LogP contribution in [0.5, 0.6) is 0 Å². The Labute approximate surface area is 92.9 Å². The van der Waals surface area contributed by atoms with E-state index in [-0.39, 0.29) is 11.9 Å². The van der Waals surface area contributed by atoms with Crippen LogP contribution in [0.15, 0.2) is 35.3 Å². The molecule has 1 heterocycles. The van der Waals surface area contributed by atoms with Gasteiger partial charge in [0, 0.05) is 11.8 Å². The number of aliphatic imine (C=N–C) groups is 1. The first kappa shape index (κ1) is 10.6. The molecule has 0 aliphatic carbocycles. The molecule has 0 amide bonds. The molecule has 5 nitrogen and oxygen atoms in total. The Morgan fingerprint density at radius 2 is 2.19 bits per heavy atom. The van der Waals surface area contributed by atoms with E-state index in [9.17, 15) is 10.1 Å². The lowest BCUT2D eigenvalue weighted by Crippen LogP contribution is -2.26. The van der Waals surface area contributed by atoms with Crippen molar-refractivity contribution in [2.75, 3.05) is 6.61 Å². The van der Waals surface area contributed by atoms with E-state index in [1.807, 2.05) is 30.3 Å². The van der Waals surface area contributed by atoms with Crippen LogP contribution in [0.2, 0.25) is 0 Å². The Hall–Kier alpha value is -1.91.